The Morgan fingerprint density at radius 2 is 2.29 bits per heavy atom. The minimum atomic E-state index is 0.192. The number of Topliss-reactive ketones (excluding diaryl/α,β-unsaturated/α-hetero) is 1. The molecule has 0 radical (unpaired) electrons. The van der Waals surface area contributed by atoms with Gasteiger partial charge in [0.05, 0.1) is 6.54 Å². The lowest BCUT2D eigenvalue weighted by molar-refractivity contribution is 0.0926. The van der Waals surface area contributed by atoms with Crippen molar-refractivity contribution in [2.75, 3.05) is 25.1 Å². The van der Waals surface area contributed by atoms with E-state index in [9.17, 15) is 4.79 Å². The highest BCUT2D eigenvalue weighted by atomic mass is 79.9. The summed E-state index contributed by atoms with van der Waals surface area (Å²) < 4.78 is 0.888. The first-order valence-corrected chi connectivity index (χ1v) is 7.69. The molecule has 1 atom stereocenters. The predicted octanol–water partition coefficient (Wildman–Crippen LogP) is 3.07. The summed E-state index contributed by atoms with van der Waals surface area (Å²) in [6.45, 7) is 0.508. The van der Waals surface area contributed by atoms with Crippen molar-refractivity contribution in [3.05, 3.63) is 34.3 Å². The number of likely N-dealkylation sites (N-methyl/N-ethyl adjacent to an activating group) is 1. The van der Waals surface area contributed by atoms with Crippen LogP contribution in [0.15, 0.2) is 28.7 Å². The van der Waals surface area contributed by atoms with Crippen LogP contribution < -0.4 is 0 Å². The zero-order chi connectivity index (χ0) is 12.3. The molecular weight excluding hydrogens is 298 g/mol. The summed E-state index contributed by atoms with van der Waals surface area (Å²) in [6.07, 6.45) is 1.20. The summed E-state index contributed by atoms with van der Waals surface area (Å²) in [5.74, 6) is 2.56. The molecule has 0 N–H and O–H groups in total. The molecule has 0 amide bonds. The highest BCUT2D eigenvalue weighted by Crippen LogP contribution is 2.22. The first-order valence-electron chi connectivity index (χ1n) is 5.74. The number of carbonyl (C=O) groups is 1. The van der Waals surface area contributed by atoms with Gasteiger partial charge < -0.3 is 0 Å². The smallest absolute Gasteiger partial charge is 0.177 e. The van der Waals surface area contributed by atoms with E-state index in [1.165, 1.54) is 12.2 Å². The Kier molecular flexibility index (Phi) is 4.65. The Hall–Kier alpha value is -0.320. The maximum Gasteiger partial charge on any atom is 0.177 e. The number of carbonyl (C=O) groups excluding carboxylic acids is 1. The van der Waals surface area contributed by atoms with Crippen LogP contribution in [0.4, 0.5) is 0 Å². The maximum atomic E-state index is 12.2. The topological polar surface area (TPSA) is 20.3 Å². The molecule has 0 aliphatic carbocycles. The molecular formula is C13H16BrNOS. The molecule has 1 unspecified atom stereocenters. The molecule has 0 saturated carbocycles. The SMILES string of the molecule is CN(CC(=O)c1ccccc1Br)C1CCSC1. The Morgan fingerprint density at radius 1 is 1.53 bits per heavy atom. The van der Waals surface area contributed by atoms with Crippen molar-refractivity contribution in [3.8, 4) is 0 Å². The fourth-order valence-electron chi connectivity index (χ4n) is 2.00. The fraction of sp³-hybridized carbons (Fsp3) is 0.462. The minimum absolute atomic E-state index is 0.192. The lowest BCUT2D eigenvalue weighted by Gasteiger charge is -2.22. The standard InChI is InChI=1S/C13H16BrNOS/c1-15(10-6-7-17-9-10)8-13(16)11-4-2-3-5-12(11)14/h2-5,10H,6-9H2,1H3. The van der Waals surface area contributed by atoms with E-state index in [4.69, 9.17) is 0 Å². The zero-order valence-corrected chi connectivity index (χ0v) is 12.3. The number of thioether (sulfide) groups is 1. The average molecular weight is 314 g/mol. The number of nitrogens with zero attached hydrogens (tertiary/aromatic N) is 1. The van der Waals surface area contributed by atoms with Gasteiger partial charge in [-0.25, -0.2) is 0 Å². The number of rotatable bonds is 4. The molecule has 17 heavy (non-hydrogen) atoms. The summed E-state index contributed by atoms with van der Waals surface area (Å²) in [5.41, 5.74) is 0.782. The van der Waals surface area contributed by atoms with Crippen LogP contribution in [0.5, 0.6) is 0 Å². The van der Waals surface area contributed by atoms with E-state index in [-0.39, 0.29) is 5.78 Å². The highest BCUT2D eigenvalue weighted by Gasteiger charge is 2.22. The number of hydrogen-bond donors (Lipinski definition) is 0. The van der Waals surface area contributed by atoms with Crippen molar-refractivity contribution in [1.82, 2.24) is 4.90 Å². The number of halogens is 1. The van der Waals surface area contributed by atoms with Crippen molar-refractivity contribution in [2.24, 2.45) is 0 Å². The van der Waals surface area contributed by atoms with Gasteiger partial charge in [0.1, 0.15) is 0 Å². The molecule has 0 bridgehead atoms. The molecule has 2 rings (SSSR count). The molecule has 1 aromatic rings. The van der Waals surface area contributed by atoms with E-state index in [1.54, 1.807) is 0 Å². The quantitative estimate of drug-likeness (QED) is 0.797. The van der Waals surface area contributed by atoms with E-state index < -0.39 is 0 Å². The summed E-state index contributed by atoms with van der Waals surface area (Å²) >= 11 is 5.40. The van der Waals surface area contributed by atoms with Crippen LogP contribution in [-0.4, -0.2) is 41.8 Å². The van der Waals surface area contributed by atoms with Gasteiger partial charge in [0.15, 0.2) is 5.78 Å². The number of hydrogen-bond acceptors (Lipinski definition) is 3. The summed E-state index contributed by atoms with van der Waals surface area (Å²) in [4.78, 5) is 14.3. The Balaban J connectivity index is 1.99. The van der Waals surface area contributed by atoms with Gasteiger partial charge in [-0.05, 0) is 25.3 Å². The summed E-state index contributed by atoms with van der Waals surface area (Å²) in [5, 5.41) is 0. The molecule has 2 nitrogen and oxygen atoms in total. The molecule has 1 aliphatic heterocycles. The van der Waals surface area contributed by atoms with E-state index in [0.717, 1.165) is 15.8 Å². The van der Waals surface area contributed by atoms with Crippen molar-refractivity contribution in [3.63, 3.8) is 0 Å². The van der Waals surface area contributed by atoms with Gasteiger partial charge in [0.2, 0.25) is 0 Å². The molecule has 1 saturated heterocycles. The van der Waals surface area contributed by atoms with Gasteiger partial charge in [-0.3, -0.25) is 9.69 Å². The monoisotopic (exact) mass is 313 g/mol. The van der Waals surface area contributed by atoms with Crippen molar-refractivity contribution < 1.29 is 4.79 Å². The van der Waals surface area contributed by atoms with Gasteiger partial charge in [0.25, 0.3) is 0 Å². The van der Waals surface area contributed by atoms with E-state index in [1.807, 2.05) is 43.1 Å². The first kappa shape index (κ1) is 13.1. The Morgan fingerprint density at radius 3 is 2.94 bits per heavy atom. The second-order valence-electron chi connectivity index (χ2n) is 4.34. The Labute approximate surface area is 115 Å². The van der Waals surface area contributed by atoms with Crippen molar-refractivity contribution >= 4 is 33.5 Å². The van der Waals surface area contributed by atoms with Crippen LogP contribution in [-0.2, 0) is 0 Å². The molecule has 1 fully saturated rings. The number of benzene rings is 1. The third-order valence-corrected chi connectivity index (χ3v) is 4.93. The van der Waals surface area contributed by atoms with Crippen LogP contribution in [0.3, 0.4) is 0 Å². The fourth-order valence-corrected chi connectivity index (χ4v) is 3.80. The molecule has 92 valence electrons. The van der Waals surface area contributed by atoms with Crippen LogP contribution in [0.1, 0.15) is 16.8 Å². The van der Waals surface area contributed by atoms with Gasteiger partial charge in [-0.2, -0.15) is 11.8 Å². The van der Waals surface area contributed by atoms with Crippen LogP contribution in [0, 0.1) is 0 Å². The van der Waals surface area contributed by atoms with Crippen molar-refractivity contribution in [2.45, 2.75) is 12.5 Å². The van der Waals surface area contributed by atoms with E-state index >= 15 is 0 Å². The third kappa shape index (κ3) is 3.33. The van der Waals surface area contributed by atoms with Crippen LogP contribution in [0.2, 0.25) is 0 Å². The van der Waals surface area contributed by atoms with E-state index in [2.05, 4.69) is 20.8 Å². The highest BCUT2D eigenvalue weighted by molar-refractivity contribution is 9.10. The first-order chi connectivity index (χ1) is 8.18. The molecule has 1 aromatic carbocycles. The average Bonchev–Trinajstić information content (AvgIpc) is 2.82. The lowest BCUT2D eigenvalue weighted by Crippen LogP contribution is -2.35. The van der Waals surface area contributed by atoms with Crippen molar-refractivity contribution in [1.29, 1.82) is 0 Å². The lowest BCUT2D eigenvalue weighted by atomic mass is 10.1. The third-order valence-electron chi connectivity index (χ3n) is 3.10. The van der Waals surface area contributed by atoms with Gasteiger partial charge in [0, 0.05) is 21.8 Å². The number of ketones is 1. The van der Waals surface area contributed by atoms with Gasteiger partial charge in [-0.15, -0.1) is 0 Å². The molecule has 4 heteroatoms. The maximum absolute atomic E-state index is 12.2. The van der Waals surface area contributed by atoms with Crippen LogP contribution in [0.25, 0.3) is 0 Å². The van der Waals surface area contributed by atoms with Crippen LogP contribution >= 0.6 is 27.7 Å². The molecule has 1 heterocycles. The van der Waals surface area contributed by atoms with Gasteiger partial charge in [-0.1, -0.05) is 34.1 Å². The second-order valence-corrected chi connectivity index (χ2v) is 6.34. The molecule has 1 aliphatic rings. The summed E-state index contributed by atoms with van der Waals surface area (Å²) in [7, 11) is 2.05. The van der Waals surface area contributed by atoms with E-state index in [0.29, 0.717) is 12.6 Å². The Bertz CT molecular complexity index is 404. The normalized spacial score (nSPS) is 19.8. The second kappa shape index (κ2) is 6.03. The minimum Gasteiger partial charge on any atom is -0.295 e. The largest absolute Gasteiger partial charge is 0.295 e. The predicted molar refractivity (Wildman–Crippen MR) is 76.8 cm³/mol. The molecule has 0 aromatic heterocycles. The molecule has 0 spiro atoms. The zero-order valence-electron chi connectivity index (χ0n) is 9.86. The van der Waals surface area contributed by atoms with Gasteiger partial charge >= 0.3 is 0 Å². The summed E-state index contributed by atoms with van der Waals surface area (Å²) in [6, 6.07) is 8.19.